The number of hydrogen-bond donors (Lipinski definition) is 1. The average molecular weight is 399 g/mol. The highest BCUT2D eigenvalue weighted by atomic mass is 32.2. The van der Waals surface area contributed by atoms with E-state index in [1.54, 1.807) is 6.20 Å². The van der Waals surface area contributed by atoms with Crippen LogP contribution in [0.4, 0.5) is 5.95 Å². The summed E-state index contributed by atoms with van der Waals surface area (Å²) in [5.74, 6) is 0.638. The summed E-state index contributed by atoms with van der Waals surface area (Å²) in [6.07, 6.45) is 3.59. The quantitative estimate of drug-likeness (QED) is 0.611. The minimum atomic E-state index is -0.255. The fourth-order valence-electron chi connectivity index (χ4n) is 2.43. The molecule has 0 saturated heterocycles. The molecule has 3 rings (SSSR count). The van der Waals surface area contributed by atoms with Crippen molar-refractivity contribution in [2.45, 2.75) is 19.0 Å². The molecule has 0 aliphatic rings. The first-order chi connectivity index (χ1) is 13.5. The Balaban J connectivity index is 1.67. The van der Waals surface area contributed by atoms with E-state index in [0.717, 1.165) is 10.8 Å². The van der Waals surface area contributed by atoms with E-state index in [1.807, 2.05) is 16.8 Å². The molecule has 3 aromatic rings. The van der Waals surface area contributed by atoms with Gasteiger partial charge in [0.25, 0.3) is 0 Å². The van der Waals surface area contributed by atoms with Gasteiger partial charge in [-0.25, -0.2) is 4.98 Å². The zero-order chi connectivity index (χ0) is 20.1. The van der Waals surface area contributed by atoms with Crippen LogP contribution in [0.3, 0.4) is 0 Å². The van der Waals surface area contributed by atoms with Gasteiger partial charge in [0.05, 0.1) is 26.0 Å². The number of nitrogens with one attached hydrogen (secondary N) is 1. The van der Waals surface area contributed by atoms with Crippen LogP contribution in [0.2, 0.25) is 0 Å². The van der Waals surface area contributed by atoms with Crippen molar-refractivity contribution < 1.29 is 14.3 Å². The molecule has 0 bridgehead atoms. The summed E-state index contributed by atoms with van der Waals surface area (Å²) >= 11 is 1.33. The Bertz CT molecular complexity index is 967. The zero-order valence-corrected chi connectivity index (χ0v) is 16.9. The molecule has 1 aromatic carbocycles. The fourth-order valence-corrected chi connectivity index (χ4v) is 3.20. The van der Waals surface area contributed by atoms with Gasteiger partial charge < -0.3 is 9.47 Å². The van der Waals surface area contributed by atoms with Crippen LogP contribution in [0.25, 0.3) is 5.69 Å². The van der Waals surface area contributed by atoms with Crippen molar-refractivity contribution in [3.63, 3.8) is 0 Å². The van der Waals surface area contributed by atoms with Crippen molar-refractivity contribution in [2.75, 3.05) is 25.3 Å². The zero-order valence-electron chi connectivity index (χ0n) is 16.1. The first kappa shape index (κ1) is 19.7. The van der Waals surface area contributed by atoms with E-state index in [-0.39, 0.29) is 17.6 Å². The lowest BCUT2D eigenvalue weighted by Crippen LogP contribution is -2.17. The second kappa shape index (κ2) is 8.75. The maximum absolute atomic E-state index is 12.3. The number of carbonyl (C=O) groups excluding carboxylic acids is 1. The third-order valence-electron chi connectivity index (χ3n) is 4.06. The molecular weight excluding hydrogens is 378 g/mol. The molecule has 28 heavy (non-hydrogen) atoms. The summed E-state index contributed by atoms with van der Waals surface area (Å²) in [7, 11) is 2.96. The highest BCUT2D eigenvalue weighted by molar-refractivity contribution is 7.99. The van der Waals surface area contributed by atoms with Crippen molar-refractivity contribution in [3.8, 4) is 17.4 Å². The first-order valence-corrected chi connectivity index (χ1v) is 9.49. The number of aromatic nitrogens is 4. The van der Waals surface area contributed by atoms with Gasteiger partial charge in [-0.1, -0.05) is 17.8 Å². The number of aryl methyl sites for hydroxylation is 2. The van der Waals surface area contributed by atoms with E-state index in [9.17, 15) is 4.79 Å². The number of ether oxygens (including phenoxy) is 2. The van der Waals surface area contributed by atoms with E-state index < -0.39 is 0 Å². The predicted octanol–water partition coefficient (Wildman–Crippen LogP) is 3.03. The van der Waals surface area contributed by atoms with Crippen molar-refractivity contribution >= 4 is 23.6 Å². The largest absolute Gasteiger partial charge is 0.481 e. The minimum absolute atomic E-state index is 0.124. The lowest BCUT2D eigenvalue weighted by molar-refractivity contribution is -0.113. The van der Waals surface area contributed by atoms with Crippen LogP contribution in [0.1, 0.15) is 11.1 Å². The summed E-state index contributed by atoms with van der Waals surface area (Å²) in [5, 5.41) is 3.38. The molecule has 0 aliphatic heterocycles. The van der Waals surface area contributed by atoms with Crippen molar-refractivity contribution in [1.29, 1.82) is 0 Å². The van der Waals surface area contributed by atoms with Crippen LogP contribution in [0, 0.1) is 13.8 Å². The van der Waals surface area contributed by atoms with Gasteiger partial charge >= 0.3 is 0 Å². The number of imidazole rings is 1. The Labute approximate surface area is 167 Å². The number of thioether (sulfide) groups is 1. The molecular formula is C19H21N5O3S. The standard InChI is InChI=1S/C19H21N5O3S/c1-12-5-6-14(9-13(12)2)24-8-7-20-19(24)28-11-15(25)21-18-22-16(26-3)10-17(23-18)27-4/h5-10H,11H2,1-4H3,(H,21,22,23,25). The lowest BCUT2D eigenvalue weighted by atomic mass is 10.1. The Morgan fingerprint density at radius 2 is 1.82 bits per heavy atom. The second-order valence-electron chi connectivity index (χ2n) is 5.96. The molecule has 9 heteroatoms. The van der Waals surface area contributed by atoms with E-state index >= 15 is 0 Å². The summed E-state index contributed by atoms with van der Waals surface area (Å²) in [4.78, 5) is 24.9. The summed E-state index contributed by atoms with van der Waals surface area (Å²) in [6.45, 7) is 4.14. The van der Waals surface area contributed by atoms with Crippen molar-refractivity contribution in [3.05, 3.63) is 47.8 Å². The maximum Gasteiger partial charge on any atom is 0.237 e. The molecule has 0 radical (unpaired) electrons. The number of hydrogen-bond acceptors (Lipinski definition) is 7. The fraction of sp³-hybridized carbons (Fsp3) is 0.263. The molecule has 0 fully saturated rings. The molecule has 1 amide bonds. The average Bonchev–Trinajstić information content (AvgIpc) is 3.16. The Kier molecular flexibility index (Phi) is 6.15. The molecule has 0 atom stereocenters. The van der Waals surface area contributed by atoms with Crippen molar-refractivity contribution in [1.82, 2.24) is 19.5 Å². The lowest BCUT2D eigenvalue weighted by Gasteiger charge is -2.10. The molecule has 146 valence electrons. The third-order valence-corrected chi connectivity index (χ3v) is 5.02. The number of methoxy groups -OCH3 is 2. The van der Waals surface area contributed by atoms with Gasteiger partial charge in [-0.3, -0.25) is 14.7 Å². The van der Waals surface area contributed by atoms with Gasteiger partial charge in [-0.15, -0.1) is 0 Å². The van der Waals surface area contributed by atoms with Gasteiger partial charge in [-0.2, -0.15) is 9.97 Å². The predicted molar refractivity (Wildman–Crippen MR) is 108 cm³/mol. The highest BCUT2D eigenvalue weighted by Crippen LogP contribution is 2.23. The van der Waals surface area contributed by atoms with Crippen LogP contribution in [0.5, 0.6) is 11.8 Å². The minimum Gasteiger partial charge on any atom is -0.481 e. The highest BCUT2D eigenvalue weighted by Gasteiger charge is 2.12. The van der Waals surface area contributed by atoms with E-state index in [0.29, 0.717) is 11.8 Å². The SMILES string of the molecule is COc1cc(OC)nc(NC(=O)CSc2nccn2-c2ccc(C)c(C)c2)n1. The summed E-state index contributed by atoms with van der Waals surface area (Å²) < 4.78 is 12.1. The first-order valence-electron chi connectivity index (χ1n) is 8.51. The normalized spacial score (nSPS) is 10.6. The number of rotatable bonds is 7. The van der Waals surface area contributed by atoms with Crippen LogP contribution in [0.15, 0.2) is 41.8 Å². The van der Waals surface area contributed by atoms with Gasteiger partial charge in [0.15, 0.2) is 5.16 Å². The van der Waals surface area contributed by atoms with Crippen molar-refractivity contribution in [2.24, 2.45) is 0 Å². The van der Waals surface area contributed by atoms with E-state index in [1.165, 1.54) is 43.2 Å². The monoisotopic (exact) mass is 399 g/mol. The van der Waals surface area contributed by atoms with Gasteiger partial charge in [0.2, 0.25) is 23.6 Å². The number of amides is 1. The van der Waals surface area contributed by atoms with Crippen LogP contribution >= 0.6 is 11.8 Å². The molecule has 2 heterocycles. The second-order valence-corrected chi connectivity index (χ2v) is 6.90. The smallest absolute Gasteiger partial charge is 0.237 e. The molecule has 0 unspecified atom stereocenters. The third kappa shape index (κ3) is 4.61. The van der Waals surface area contributed by atoms with Crippen LogP contribution in [-0.2, 0) is 4.79 Å². The van der Waals surface area contributed by atoms with Crippen LogP contribution < -0.4 is 14.8 Å². The number of anilines is 1. The summed E-state index contributed by atoms with van der Waals surface area (Å²) in [5.41, 5.74) is 3.43. The van der Waals surface area contributed by atoms with Gasteiger partial charge in [0, 0.05) is 18.1 Å². The molecule has 0 aliphatic carbocycles. The van der Waals surface area contributed by atoms with E-state index in [2.05, 4.69) is 46.2 Å². The molecule has 0 spiro atoms. The maximum atomic E-state index is 12.3. The molecule has 0 saturated carbocycles. The molecule has 8 nitrogen and oxygen atoms in total. The Morgan fingerprint density at radius 1 is 1.11 bits per heavy atom. The van der Waals surface area contributed by atoms with Gasteiger partial charge in [0.1, 0.15) is 0 Å². The Hall–Kier alpha value is -3.07. The summed E-state index contributed by atoms with van der Waals surface area (Å²) in [6, 6.07) is 7.73. The molecule has 1 N–H and O–H groups in total. The van der Waals surface area contributed by atoms with Gasteiger partial charge in [-0.05, 0) is 37.1 Å². The Morgan fingerprint density at radius 3 is 2.46 bits per heavy atom. The number of carbonyl (C=O) groups is 1. The topological polar surface area (TPSA) is 91.2 Å². The van der Waals surface area contributed by atoms with Crippen LogP contribution in [-0.4, -0.2) is 45.4 Å². The number of nitrogens with zero attached hydrogens (tertiary/aromatic N) is 4. The molecule has 2 aromatic heterocycles. The van der Waals surface area contributed by atoms with E-state index in [4.69, 9.17) is 9.47 Å². The number of benzene rings is 1.